The van der Waals surface area contributed by atoms with E-state index in [0.717, 1.165) is 22.5 Å². The van der Waals surface area contributed by atoms with E-state index in [1.165, 1.54) is 11.1 Å². The minimum Gasteiger partial charge on any atom is -0.346 e. The summed E-state index contributed by atoms with van der Waals surface area (Å²) in [5.74, 6) is -0.206. The number of benzene rings is 2. The largest absolute Gasteiger partial charge is 0.346 e. The summed E-state index contributed by atoms with van der Waals surface area (Å²) >= 11 is 1.15. The van der Waals surface area contributed by atoms with Crippen LogP contribution in [-0.4, -0.2) is 14.3 Å². The van der Waals surface area contributed by atoms with Crippen molar-refractivity contribution in [2.75, 3.05) is 4.72 Å². The highest BCUT2D eigenvalue weighted by Crippen LogP contribution is 2.23. The van der Waals surface area contributed by atoms with Crippen LogP contribution in [0.25, 0.3) is 0 Å². The Labute approximate surface area is 175 Å². The molecule has 0 aliphatic rings. The Balaban J connectivity index is 1.70. The van der Waals surface area contributed by atoms with Crippen LogP contribution in [0.2, 0.25) is 0 Å². The molecule has 0 fully saturated rings. The lowest BCUT2D eigenvalue weighted by atomic mass is 9.96. The van der Waals surface area contributed by atoms with E-state index in [1.54, 1.807) is 41.8 Å². The van der Waals surface area contributed by atoms with Gasteiger partial charge in [-0.15, -0.1) is 11.3 Å². The Bertz CT molecular complexity index is 1120. The molecule has 0 saturated heterocycles. The van der Waals surface area contributed by atoms with Crippen molar-refractivity contribution in [1.29, 1.82) is 0 Å². The zero-order valence-corrected chi connectivity index (χ0v) is 18.4. The maximum atomic E-state index is 12.6. The van der Waals surface area contributed by atoms with Gasteiger partial charge in [0.15, 0.2) is 0 Å². The maximum absolute atomic E-state index is 12.6. The minimum atomic E-state index is -3.60. The number of carbonyl (C=O) groups excluding carboxylic acids is 1. The molecule has 0 aliphatic carbocycles. The molecule has 0 radical (unpaired) electrons. The van der Waals surface area contributed by atoms with Crippen molar-refractivity contribution in [1.82, 2.24) is 5.32 Å². The van der Waals surface area contributed by atoms with Crippen molar-refractivity contribution < 1.29 is 13.2 Å². The van der Waals surface area contributed by atoms with Crippen molar-refractivity contribution in [3.05, 3.63) is 81.7 Å². The second kappa shape index (κ2) is 8.39. The summed E-state index contributed by atoms with van der Waals surface area (Å²) in [5.41, 5.74) is 5.52. The van der Waals surface area contributed by atoms with Crippen molar-refractivity contribution in [3.8, 4) is 0 Å². The normalized spacial score (nSPS) is 12.4. The molecule has 1 unspecified atom stereocenters. The third-order valence-corrected chi connectivity index (χ3v) is 7.63. The molecule has 0 spiro atoms. The fourth-order valence-corrected chi connectivity index (χ4v) is 5.17. The van der Waals surface area contributed by atoms with Crippen molar-refractivity contribution in [3.63, 3.8) is 0 Å². The SMILES string of the molecule is Cc1cc(C)c(C(C)NC(=O)c2ccc(NS(=O)(=O)c3cccs3)cc2)cc1C. The number of amides is 1. The molecule has 1 heterocycles. The lowest BCUT2D eigenvalue weighted by Crippen LogP contribution is -2.27. The Kier molecular flexibility index (Phi) is 6.10. The zero-order chi connectivity index (χ0) is 21.2. The quantitative estimate of drug-likeness (QED) is 0.582. The molecule has 5 nitrogen and oxygen atoms in total. The van der Waals surface area contributed by atoms with E-state index in [-0.39, 0.29) is 16.2 Å². The fraction of sp³-hybridized carbons (Fsp3) is 0.227. The van der Waals surface area contributed by atoms with Gasteiger partial charge in [-0.05, 0) is 85.7 Å². The first kappa shape index (κ1) is 21.1. The topological polar surface area (TPSA) is 75.3 Å². The van der Waals surface area contributed by atoms with Gasteiger partial charge >= 0.3 is 0 Å². The lowest BCUT2D eigenvalue weighted by Gasteiger charge is -2.18. The van der Waals surface area contributed by atoms with Crippen LogP contribution in [0.3, 0.4) is 0 Å². The molecule has 2 aromatic carbocycles. The fourth-order valence-electron chi connectivity index (χ4n) is 3.12. The van der Waals surface area contributed by atoms with Crippen LogP contribution in [0.5, 0.6) is 0 Å². The molecular formula is C22H24N2O3S2. The summed E-state index contributed by atoms with van der Waals surface area (Å²) in [5, 5.41) is 4.72. The second-order valence-electron chi connectivity index (χ2n) is 7.10. The van der Waals surface area contributed by atoms with Crippen LogP contribution >= 0.6 is 11.3 Å². The van der Waals surface area contributed by atoms with Gasteiger partial charge in [0.2, 0.25) is 0 Å². The molecule has 0 saturated carbocycles. The van der Waals surface area contributed by atoms with Gasteiger partial charge in [-0.1, -0.05) is 18.2 Å². The van der Waals surface area contributed by atoms with Gasteiger partial charge in [-0.2, -0.15) is 0 Å². The molecule has 2 N–H and O–H groups in total. The molecule has 3 rings (SSSR count). The van der Waals surface area contributed by atoms with E-state index in [1.807, 2.05) is 13.8 Å². The van der Waals surface area contributed by atoms with Crippen molar-refractivity contribution in [2.24, 2.45) is 0 Å². The molecule has 0 aliphatic heterocycles. The highest BCUT2D eigenvalue weighted by molar-refractivity contribution is 7.94. The third-order valence-electron chi connectivity index (χ3n) is 4.86. The van der Waals surface area contributed by atoms with Gasteiger partial charge in [-0.25, -0.2) is 8.42 Å². The summed E-state index contributed by atoms with van der Waals surface area (Å²) in [6.07, 6.45) is 0. The lowest BCUT2D eigenvalue weighted by molar-refractivity contribution is 0.0940. The monoisotopic (exact) mass is 428 g/mol. The molecule has 1 aromatic heterocycles. The molecule has 29 heavy (non-hydrogen) atoms. The van der Waals surface area contributed by atoms with Gasteiger partial charge in [-0.3, -0.25) is 9.52 Å². The van der Waals surface area contributed by atoms with Crippen LogP contribution in [0.15, 0.2) is 58.1 Å². The Morgan fingerprint density at radius 1 is 0.966 bits per heavy atom. The van der Waals surface area contributed by atoms with E-state index < -0.39 is 10.0 Å². The highest BCUT2D eigenvalue weighted by Gasteiger charge is 2.17. The zero-order valence-electron chi connectivity index (χ0n) is 16.8. The van der Waals surface area contributed by atoms with Gasteiger partial charge < -0.3 is 5.32 Å². The summed E-state index contributed by atoms with van der Waals surface area (Å²) in [6.45, 7) is 8.13. The smallest absolute Gasteiger partial charge is 0.271 e. The summed E-state index contributed by atoms with van der Waals surface area (Å²) < 4.78 is 27.3. The number of anilines is 1. The molecule has 152 valence electrons. The number of rotatable bonds is 6. The Morgan fingerprint density at radius 3 is 2.24 bits per heavy atom. The standard InChI is InChI=1S/C22H24N2O3S2/c1-14-12-16(3)20(13-15(14)2)17(4)23-22(25)18-7-9-19(10-8-18)24-29(26,27)21-6-5-11-28-21/h5-13,17,24H,1-4H3,(H,23,25). The third kappa shape index (κ3) is 4.86. The van der Waals surface area contributed by atoms with E-state index in [2.05, 4.69) is 36.0 Å². The minimum absolute atomic E-state index is 0.140. The second-order valence-corrected chi connectivity index (χ2v) is 9.96. The summed E-state index contributed by atoms with van der Waals surface area (Å²) in [4.78, 5) is 12.6. The average molecular weight is 429 g/mol. The summed E-state index contributed by atoms with van der Waals surface area (Å²) in [7, 11) is -3.60. The first-order chi connectivity index (χ1) is 13.7. The number of hydrogen-bond donors (Lipinski definition) is 2. The number of aryl methyl sites for hydroxylation is 3. The predicted octanol–water partition coefficient (Wildman–Crippen LogP) is 4.97. The van der Waals surface area contributed by atoms with Gasteiger partial charge in [0.1, 0.15) is 4.21 Å². The number of carbonyl (C=O) groups is 1. The molecule has 1 amide bonds. The Hall–Kier alpha value is -2.64. The molecular weight excluding hydrogens is 404 g/mol. The highest BCUT2D eigenvalue weighted by atomic mass is 32.2. The van der Waals surface area contributed by atoms with E-state index in [0.29, 0.717) is 11.3 Å². The molecule has 3 aromatic rings. The van der Waals surface area contributed by atoms with Gasteiger partial charge in [0.05, 0.1) is 6.04 Å². The van der Waals surface area contributed by atoms with E-state index in [4.69, 9.17) is 0 Å². The van der Waals surface area contributed by atoms with Crippen LogP contribution in [-0.2, 0) is 10.0 Å². The predicted molar refractivity (Wildman–Crippen MR) is 118 cm³/mol. The van der Waals surface area contributed by atoms with Crippen LogP contribution in [0.1, 0.15) is 45.6 Å². The van der Waals surface area contributed by atoms with E-state index >= 15 is 0 Å². The Morgan fingerprint density at radius 2 is 1.62 bits per heavy atom. The number of sulfonamides is 1. The average Bonchev–Trinajstić information content (AvgIpc) is 3.20. The molecule has 7 heteroatoms. The number of hydrogen-bond acceptors (Lipinski definition) is 4. The van der Waals surface area contributed by atoms with Gasteiger partial charge in [0, 0.05) is 11.3 Å². The molecule has 1 atom stereocenters. The number of thiophene rings is 1. The van der Waals surface area contributed by atoms with Gasteiger partial charge in [0.25, 0.3) is 15.9 Å². The van der Waals surface area contributed by atoms with Crippen LogP contribution in [0, 0.1) is 20.8 Å². The van der Waals surface area contributed by atoms with E-state index in [9.17, 15) is 13.2 Å². The maximum Gasteiger partial charge on any atom is 0.271 e. The van der Waals surface area contributed by atoms with Crippen LogP contribution < -0.4 is 10.0 Å². The van der Waals surface area contributed by atoms with Crippen LogP contribution in [0.4, 0.5) is 5.69 Å². The molecule has 0 bridgehead atoms. The van der Waals surface area contributed by atoms with Crippen molar-refractivity contribution >= 4 is 33.0 Å². The van der Waals surface area contributed by atoms with Crippen molar-refractivity contribution in [2.45, 2.75) is 37.9 Å². The number of nitrogens with one attached hydrogen (secondary N) is 2. The first-order valence-corrected chi connectivity index (χ1v) is 11.6. The first-order valence-electron chi connectivity index (χ1n) is 9.22. The summed E-state index contributed by atoms with van der Waals surface area (Å²) in [6, 6.07) is 13.7.